The summed E-state index contributed by atoms with van der Waals surface area (Å²) in [6, 6.07) is 0. The van der Waals surface area contributed by atoms with Crippen molar-refractivity contribution >= 4 is 32.6 Å². The lowest BCUT2D eigenvalue weighted by Gasteiger charge is -2.01. The summed E-state index contributed by atoms with van der Waals surface area (Å²) >= 11 is 11.5. The molecule has 1 aliphatic rings. The molecule has 0 aromatic carbocycles. The second-order valence-corrected chi connectivity index (χ2v) is 4.04. The highest BCUT2D eigenvalue weighted by Crippen LogP contribution is 2.29. The third-order valence-electron chi connectivity index (χ3n) is 1.73. The topological polar surface area (TPSA) is 29.0 Å². The monoisotopic (exact) mass is 251 g/mol. The maximum absolute atomic E-state index is 5.87. The minimum atomic E-state index is 0.221. The van der Waals surface area contributed by atoms with E-state index in [-0.39, 0.29) is 5.28 Å². The van der Waals surface area contributed by atoms with E-state index < -0.39 is 0 Å². The summed E-state index contributed by atoms with van der Waals surface area (Å²) in [6.07, 6.45) is 0. The molecule has 2 rings (SSSR count). The van der Waals surface area contributed by atoms with Crippen molar-refractivity contribution in [3.63, 3.8) is 0 Å². The van der Waals surface area contributed by atoms with Gasteiger partial charge >= 0.3 is 0 Å². The summed E-state index contributed by atoms with van der Waals surface area (Å²) < 4.78 is 2.03. The van der Waals surface area contributed by atoms with Crippen LogP contribution in [0.3, 0.4) is 0 Å². The van der Waals surface area contributed by atoms with E-state index in [0.29, 0.717) is 5.15 Å². The Hall–Kier alpha value is 0.0500. The molecule has 0 saturated carbocycles. The predicted octanol–water partition coefficient (Wildman–Crippen LogP) is 2.92. The standard InChI is InChI=1S/C6H6Cl2N3P.C2H6/c7-5-3-1-11(12)2-4(3)9-6(8)10-5;1-2/h1-2,12H2;1-2H3. The zero-order valence-corrected chi connectivity index (χ0v) is 10.8. The molecule has 0 N–H and O–H groups in total. The van der Waals surface area contributed by atoms with E-state index in [1.165, 1.54) is 0 Å². The number of rotatable bonds is 0. The normalized spacial score (nSPS) is 14.6. The maximum Gasteiger partial charge on any atom is 0.224 e. The molecule has 14 heavy (non-hydrogen) atoms. The average molecular weight is 252 g/mol. The fourth-order valence-electron chi connectivity index (χ4n) is 1.21. The van der Waals surface area contributed by atoms with E-state index in [1.54, 1.807) is 0 Å². The lowest BCUT2D eigenvalue weighted by molar-refractivity contribution is 0.504. The van der Waals surface area contributed by atoms with Gasteiger partial charge in [-0.15, -0.1) is 0 Å². The van der Waals surface area contributed by atoms with Gasteiger partial charge in [-0.3, -0.25) is 4.67 Å². The molecule has 0 saturated heterocycles. The first kappa shape index (κ1) is 12.1. The first-order valence-corrected chi connectivity index (χ1v) is 5.64. The third-order valence-corrected chi connectivity index (χ3v) is 2.58. The second-order valence-electron chi connectivity index (χ2n) is 2.61. The highest BCUT2D eigenvalue weighted by Gasteiger charge is 2.21. The van der Waals surface area contributed by atoms with E-state index in [0.717, 1.165) is 24.3 Å². The van der Waals surface area contributed by atoms with E-state index >= 15 is 0 Å². The Bertz CT molecular complexity index is 333. The minimum absolute atomic E-state index is 0.221. The van der Waals surface area contributed by atoms with Gasteiger partial charge in [0.05, 0.1) is 5.69 Å². The summed E-state index contributed by atoms with van der Waals surface area (Å²) in [5.41, 5.74) is 1.91. The number of hydrogen-bond donors (Lipinski definition) is 0. The Morgan fingerprint density at radius 2 is 1.86 bits per heavy atom. The molecule has 1 aromatic heterocycles. The van der Waals surface area contributed by atoms with Crippen LogP contribution in [0.4, 0.5) is 0 Å². The van der Waals surface area contributed by atoms with Crippen molar-refractivity contribution < 1.29 is 0 Å². The fraction of sp³-hybridized carbons (Fsp3) is 0.500. The van der Waals surface area contributed by atoms with Crippen LogP contribution in [0.2, 0.25) is 10.4 Å². The van der Waals surface area contributed by atoms with Gasteiger partial charge in [-0.2, -0.15) is 0 Å². The van der Waals surface area contributed by atoms with Gasteiger partial charge in [0.1, 0.15) is 5.15 Å². The molecule has 3 nitrogen and oxygen atoms in total. The molecule has 0 fully saturated rings. The maximum atomic E-state index is 5.87. The van der Waals surface area contributed by atoms with Crippen LogP contribution in [0, 0.1) is 0 Å². The van der Waals surface area contributed by atoms with Crippen molar-refractivity contribution in [2.45, 2.75) is 26.9 Å². The summed E-state index contributed by atoms with van der Waals surface area (Å²) in [5.74, 6) is 0. The molecular formula is C8H12Cl2N3P. The molecule has 1 atom stereocenters. The second kappa shape index (κ2) is 5.22. The molecule has 6 heteroatoms. The number of hydrogen-bond acceptors (Lipinski definition) is 3. The Morgan fingerprint density at radius 3 is 2.50 bits per heavy atom. The zero-order valence-electron chi connectivity index (χ0n) is 8.09. The van der Waals surface area contributed by atoms with Crippen molar-refractivity contribution in [3.8, 4) is 0 Å². The summed E-state index contributed by atoms with van der Waals surface area (Å²) in [5, 5.41) is 0.689. The van der Waals surface area contributed by atoms with Gasteiger partial charge in [0.2, 0.25) is 5.28 Å². The Labute approximate surface area is 96.1 Å². The Kier molecular flexibility index (Phi) is 4.52. The molecule has 1 aliphatic heterocycles. The highest BCUT2D eigenvalue weighted by atomic mass is 35.5. The van der Waals surface area contributed by atoms with E-state index in [2.05, 4.69) is 19.4 Å². The van der Waals surface area contributed by atoms with Gasteiger partial charge in [-0.1, -0.05) is 34.8 Å². The zero-order chi connectivity index (χ0) is 10.7. The van der Waals surface area contributed by atoms with Gasteiger partial charge in [-0.05, 0) is 11.6 Å². The lowest BCUT2D eigenvalue weighted by Crippen LogP contribution is -1.98. The number of halogens is 2. The average Bonchev–Trinajstić information content (AvgIpc) is 2.49. The molecule has 1 unspecified atom stereocenters. The highest BCUT2D eigenvalue weighted by molar-refractivity contribution is 7.13. The van der Waals surface area contributed by atoms with Crippen LogP contribution in [0.25, 0.3) is 0 Å². The Morgan fingerprint density at radius 1 is 1.21 bits per heavy atom. The molecule has 0 aliphatic carbocycles. The first-order chi connectivity index (χ1) is 6.66. The molecular weight excluding hydrogens is 240 g/mol. The van der Waals surface area contributed by atoms with Crippen LogP contribution in [-0.4, -0.2) is 14.6 Å². The quantitative estimate of drug-likeness (QED) is 0.404. The van der Waals surface area contributed by atoms with Crippen molar-refractivity contribution in [1.29, 1.82) is 0 Å². The largest absolute Gasteiger partial charge is 0.277 e. The predicted molar refractivity (Wildman–Crippen MR) is 62.4 cm³/mol. The smallest absolute Gasteiger partial charge is 0.224 e. The van der Waals surface area contributed by atoms with Crippen LogP contribution in [-0.2, 0) is 13.1 Å². The number of fused-ring (bicyclic) bond motifs is 1. The van der Waals surface area contributed by atoms with Crippen LogP contribution in [0.1, 0.15) is 25.1 Å². The van der Waals surface area contributed by atoms with Crippen LogP contribution in [0.15, 0.2) is 0 Å². The van der Waals surface area contributed by atoms with E-state index in [9.17, 15) is 0 Å². The van der Waals surface area contributed by atoms with Crippen LogP contribution >= 0.6 is 32.6 Å². The molecule has 0 radical (unpaired) electrons. The summed E-state index contributed by atoms with van der Waals surface area (Å²) in [7, 11) is 2.60. The van der Waals surface area contributed by atoms with Crippen LogP contribution < -0.4 is 0 Å². The van der Waals surface area contributed by atoms with Crippen molar-refractivity contribution in [3.05, 3.63) is 21.7 Å². The molecule has 0 amide bonds. The number of aromatic nitrogens is 2. The van der Waals surface area contributed by atoms with Crippen LogP contribution in [0.5, 0.6) is 0 Å². The van der Waals surface area contributed by atoms with Gasteiger partial charge in [0.15, 0.2) is 0 Å². The van der Waals surface area contributed by atoms with Gasteiger partial charge in [-0.25, -0.2) is 9.97 Å². The van der Waals surface area contributed by atoms with Gasteiger partial charge < -0.3 is 0 Å². The Balaban J connectivity index is 0.000000461. The molecule has 1 aromatic rings. The number of nitrogens with zero attached hydrogens (tertiary/aromatic N) is 3. The molecule has 78 valence electrons. The first-order valence-electron chi connectivity index (χ1n) is 4.37. The summed E-state index contributed by atoms with van der Waals surface area (Å²) in [4.78, 5) is 7.94. The lowest BCUT2D eigenvalue weighted by atomic mass is 10.3. The van der Waals surface area contributed by atoms with Gasteiger partial charge in [0.25, 0.3) is 0 Å². The minimum Gasteiger partial charge on any atom is -0.277 e. The van der Waals surface area contributed by atoms with Crippen molar-refractivity contribution in [1.82, 2.24) is 14.6 Å². The molecule has 0 spiro atoms. The van der Waals surface area contributed by atoms with Crippen molar-refractivity contribution in [2.24, 2.45) is 0 Å². The van der Waals surface area contributed by atoms with E-state index in [1.807, 2.05) is 18.5 Å². The molecule has 2 heterocycles. The third kappa shape index (κ3) is 2.54. The SMILES string of the molecule is CC.PN1Cc2nc(Cl)nc(Cl)c2C1. The van der Waals surface area contributed by atoms with Gasteiger partial charge in [0, 0.05) is 18.7 Å². The van der Waals surface area contributed by atoms with E-state index in [4.69, 9.17) is 23.2 Å². The fourth-order valence-corrected chi connectivity index (χ4v) is 2.04. The molecule has 0 bridgehead atoms. The van der Waals surface area contributed by atoms with Crippen molar-refractivity contribution in [2.75, 3.05) is 0 Å². The summed E-state index contributed by atoms with van der Waals surface area (Å²) in [6.45, 7) is 5.54.